The van der Waals surface area contributed by atoms with Gasteiger partial charge >= 0.3 is 0 Å². The van der Waals surface area contributed by atoms with Gasteiger partial charge in [-0.3, -0.25) is 4.90 Å². The molecule has 0 saturated carbocycles. The second kappa shape index (κ2) is 4.76. The minimum Gasteiger partial charge on any atom is -0.314 e. The molecule has 0 radical (unpaired) electrons. The van der Waals surface area contributed by atoms with E-state index in [9.17, 15) is 0 Å². The lowest BCUT2D eigenvalue weighted by Gasteiger charge is -2.49. The Bertz CT molecular complexity index is 488. The zero-order valence-electron chi connectivity index (χ0n) is 11.2. The van der Waals surface area contributed by atoms with E-state index in [1.165, 1.54) is 56.4 Å². The van der Waals surface area contributed by atoms with E-state index in [4.69, 9.17) is 11.6 Å². The number of hydrogen-bond acceptors (Lipinski definition) is 2. The Morgan fingerprint density at radius 2 is 2.26 bits per heavy atom. The highest BCUT2D eigenvalue weighted by molar-refractivity contribution is 6.30. The summed E-state index contributed by atoms with van der Waals surface area (Å²) >= 11 is 6.21. The van der Waals surface area contributed by atoms with Crippen LogP contribution < -0.4 is 5.32 Å². The van der Waals surface area contributed by atoms with E-state index in [-0.39, 0.29) is 0 Å². The fourth-order valence-corrected chi connectivity index (χ4v) is 4.45. The maximum Gasteiger partial charge on any atom is 0.0409 e. The fraction of sp³-hybridized carbons (Fsp3) is 0.625. The Labute approximate surface area is 120 Å². The van der Waals surface area contributed by atoms with Crippen LogP contribution in [0, 0.1) is 5.92 Å². The molecule has 0 bridgehead atoms. The lowest BCUT2D eigenvalue weighted by molar-refractivity contribution is 0.0552. The van der Waals surface area contributed by atoms with Gasteiger partial charge in [0.05, 0.1) is 0 Å². The van der Waals surface area contributed by atoms with Gasteiger partial charge in [-0.25, -0.2) is 0 Å². The van der Waals surface area contributed by atoms with Crippen molar-refractivity contribution < 1.29 is 0 Å². The lowest BCUT2D eigenvalue weighted by atomic mass is 9.77. The minimum atomic E-state index is 0.592. The first kappa shape index (κ1) is 12.2. The van der Waals surface area contributed by atoms with E-state index in [1.807, 2.05) is 6.07 Å². The first-order chi connectivity index (χ1) is 9.31. The van der Waals surface area contributed by atoms with Crippen LogP contribution in [0.5, 0.6) is 0 Å². The van der Waals surface area contributed by atoms with Gasteiger partial charge < -0.3 is 5.32 Å². The molecule has 3 heteroatoms. The summed E-state index contributed by atoms with van der Waals surface area (Å²) in [4.78, 5) is 2.70. The maximum absolute atomic E-state index is 6.21. The van der Waals surface area contributed by atoms with Crippen LogP contribution in [-0.2, 0) is 6.42 Å². The van der Waals surface area contributed by atoms with Crippen LogP contribution in [0.25, 0.3) is 0 Å². The molecule has 3 aliphatic rings. The van der Waals surface area contributed by atoms with E-state index in [0.717, 1.165) is 17.0 Å². The monoisotopic (exact) mass is 276 g/mol. The molecular formula is C16H21ClN2. The number of nitrogens with one attached hydrogen (secondary N) is 1. The van der Waals surface area contributed by atoms with Gasteiger partial charge in [-0.05, 0) is 61.4 Å². The average molecular weight is 277 g/mol. The molecule has 102 valence electrons. The Hall–Kier alpha value is -0.570. The van der Waals surface area contributed by atoms with Gasteiger partial charge in [-0.15, -0.1) is 0 Å². The van der Waals surface area contributed by atoms with Crippen LogP contribution in [0.1, 0.15) is 36.4 Å². The van der Waals surface area contributed by atoms with Crippen LogP contribution in [0.15, 0.2) is 18.2 Å². The minimum absolute atomic E-state index is 0.592. The van der Waals surface area contributed by atoms with Crippen LogP contribution in [-0.4, -0.2) is 30.6 Å². The highest BCUT2D eigenvalue weighted by Gasteiger charge is 2.39. The summed E-state index contributed by atoms with van der Waals surface area (Å²) in [7, 11) is 0. The van der Waals surface area contributed by atoms with Gasteiger partial charge in [0.1, 0.15) is 0 Å². The molecule has 1 N–H and O–H groups in total. The summed E-state index contributed by atoms with van der Waals surface area (Å²) in [6.45, 7) is 3.70. The Kier molecular flexibility index (Phi) is 3.06. The molecule has 0 spiro atoms. The number of halogens is 1. The zero-order chi connectivity index (χ0) is 12.8. The van der Waals surface area contributed by atoms with Crippen LogP contribution >= 0.6 is 11.6 Å². The number of nitrogens with zero attached hydrogens (tertiary/aromatic N) is 1. The summed E-state index contributed by atoms with van der Waals surface area (Å²) < 4.78 is 0. The number of fused-ring (bicyclic) bond motifs is 4. The van der Waals surface area contributed by atoms with E-state index >= 15 is 0 Å². The largest absolute Gasteiger partial charge is 0.314 e. The van der Waals surface area contributed by atoms with Crippen molar-refractivity contribution in [3.8, 4) is 0 Å². The highest BCUT2D eigenvalue weighted by Crippen LogP contribution is 2.41. The number of benzene rings is 1. The third-order valence-corrected chi connectivity index (χ3v) is 5.48. The van der Waals surface area contributed by atoms with Gasteiger partial charge in [0, 0.05) is 30.2 Å². The molecule has 0 amide bonds. The van der Waals surface area contributed by atoms with Crippen molar-refractivity contribution in [2.75, 3.05) is 19.6 Å². The molecule has 4 rings (SSSR count). The van der Waals surface area contributed by atoms with Crippen LogP contribution in [0.4, 0.5) is 0 Å². The first-order valence-corrected chi connectivity index (χ1v) is 7.95. The van der Waals surface area contributed by atoms with Gasteiger partial charge in [0.2, 0.25) is 0 Å². The molecular weight excluding hydrogens is 256 g/mol. The van der Waals surface area contributed by atoms with Gasteiger partial charge in [-0.1, -0.05) is 17.7 Å². The van der Waals surface area contributed by atoms with Crippen molar-refractivity contribution in [3.63, 3.8) is 0 Å². The smallest absolute Gasteiger partial charge is 0.0409 e. The number of rotatable bonds is 0. The van der Waals surface area contributed by atoms with E-state index in [2.05, 4.69) is 22.3 Å². The summed E-state index contributed by atoms with van der Waals surface area (Å²) in [5.41, 5.74) is 3.00. The van der Waals surface area contributed by atoms with Gasteiger partial charge in [-0.2, -0.15) is 0 Å². The van der Waals surface area contributed by atoms with Gasteiger partial charge in [0.15, 0.2) is 0 Å². The van der Waals surface area contributed by atoms with Crippen molar-refractivity contribution in [1.82, 2.24) is 10.2 Å². The van der Waals surface area contributed by atoms with Crippen LogP contribution in [0.3, 0.4) is 0 Å². The van der Waals surface area contributed by atoms with E-state index in [0.29, 0.717) is 6.04 Å². The topological polar surface area (TPSA) is 15.3 Å². The Balaban J connectivity index is 1.66. The highest BCUT2D eigenvalue weighted by atomic mass is 35.5. The molecule has 3 heterocycles. The number of hydrogen-bond donors (Lipinski definition) is 1. The predicted molar refractivity (Wildman–Crippen MR) is 78.6 cm³/mol. The quantitative estimate of drug-likeness (QED) is 0.784. The standard InChI is InChI=1S/C16H21ClN2/c17-13-4-3-11-5-7-19-10-12-2-1-6-18-15(12)9-16(19)14(11)8-13/h3-4,8,12,15-16,18H,1-2,5-7,9-10H2. The van der Waals surface area contributed by atoms with Crippen molar-refractivity contribution >= 4 is 11.6 Å². The van der Waals surface area contributed by atoms with E-state index < -0.39 is 0 Å². The molecule has 2 nitrogen and oxygen atoms in total. The van der Waals surface area contributed by atoms with Gasteiger partial charge in [0.25, 0.3) is 0 Å². The summed E-state index contributed by atoms with van der Waals surface area (Å²) in [6, 6.07) is 7.79. The molecule has 3 atom stereocenters. The average Bonchev–Trinajstić information content (AvgIpc) is 2.45. The molecule has 1 aromatic rings. The predicted octanol–water partition coefficient (Wildman–Crippen LogP) is 3.01. The summed E-state index contributed by atoms with van der Waals surface area (Å²) in [5, 5.41) is 4.63. The molecule has 2 fully saturated rings. The third-order valence-electron chi connectivity index (χ3n) is 5.25. The third kappa shape index (κ3) is 2.10. The molecule has 2 saturated heterocycles. The molecule has 3 aliphatic heterocycles. The Morgan fingerprint density at radius 1 is 1.32 bits per heavy atom. The zero-order valence-corrected chi connectivity index (χ0v) is 12.0. The van der Waals surface area contributed by atoms with Crippen LogP contribution in [0.2, 0.25) is 5.02 Å². The fourth-order valence-electron chi connectivity index (χ4n) is 4.27. The molecule has 0 aliphatic carbocycles. The molecule has 1 aromatic carbocycles. The van der Waals surface area contributed by atoms with Crippen molar-refractivity contribution in [1.29, 1.82) is 0 Å². The maximum atomic E-state index is 6.21. The number of piperidine rings is 2. The Morgan fingerprint density at radius 3 is 3.21 bits per heavy atom. The second-order valence-corrected chi connectivity index (χ2v) is 6.74. The van der Waals surface area contributed by atoms with Crippen molar-refractivity contribution in [2.45, 2.75) is 37.8 Å². The first-order valence-electron chi connectivity index (χ1n) is 7.57. The van der Waals surface area contributed by atoms with Crippen molar-refractivity contribution in [3.05, 3.63) is 34.3 Å². The van der Waals surface area contributed by atoms with Crippen molar-refractivity contribution in [2.24, 2.45) is 5.92 Å². The molecule has 19 heavy (non-hydrogen) atoms. The second-order valence-electron chi connectivity index (χ2n) is 6.30. The molecule has 0 aromatic heterocycles. The molecule has 3 unspecified atom stereocenters. The SMILES string of the molecule is Clc1ccc2c(c1)C1CC3NCCCC3CN1CC2. The normalized spacial score (nSPS) is 34.3. The summed E-state index contributed by atoms with van der Waals surface area (Å²) in [6.07, 6.45) is 5.21. The van der Waals surface area contributed by atoms with E-state index in [1.54, 1.807) is 0 Å². The lowest BCUT2D eigenvalue weighted by Crippen LogP contribution is -2.54. The summed E-state index contributed by atoms with van der Waals surface area (Å²) in [5.74, 6) is 0.866.